The minimum absolute atomic E-state index is 0.0371. The van der Waals surface area contributed by atoms with Crippen molar-refractivity contribution in [3.05, 3.63) is 16.1 Å². The lowest BCUT2D eigenvalue weighted by Gasteiger charge is -2.30. The highest BCUT2D eigenvalue weighted by Crippen LogP contribution is 2.24. The standard InChI is InChI=1S/C16H25BrN4O2/c1-6-11(22)13(16(2,3)4)19-14(23)12-10-9-20(5)7-8-21(10)15(17)18-12/h13H,6-9H2,1-5H3,(H,19,23)/t13-/m1/s1. The van der Waals surface area contributed by atoms with Gasteiger partial charge in [-0.3, -0.25) is 14.5 Å². The number of hydrogen-bond donors (Lipinski definition) is 1. The van der Waals surface area contributed by atoms with Crippen LogP contribution in [0.1, 0.15) is 50.3 Å². The van der Waals surface area contributed by atoms with Gasteiger partial charge in [0.15, 0.2) is 16.2 Å². The van der Waals surface area contributed by atoms with Gasteiger partial charge >= 0.3 is 0 Å². The molecule has 0 aromatic carbocycles. The minimum Gasteiger partial charge on any atom is -0.340 e. The number of halogens is 1. The molecule has 6 nitrogen and oxygen atoms in total. The van der Waals surface area contributed by atoms with Gasteiger partial charge in [0.1, 0.15) is 0 Å². The van der Waals surface area contributed by atoms with E-state index in [1.54, 1.807) is 0 Å². The van der Waals surface area contributed by atoms with Gasteiger partial charge in [0.2, 0.25) is 0 Å². The van der Waals surface area contributed by atoms with E-state index in [-0.39, 0.29) is 17.1 Å². The highest BCUT2D eigenvalue weighted by molar-refractivity contribution is 9.10. The highest BCUT2D eigenvalue weighted by atomic mass is 79.9. The van der Waals surface area contributed by atoms with Gasteiger partial charge in [0, 0.05) is 26.1 Å². The van der Waals surface area contributed by atoms with Crippen LogP contribution in [0.4, 0.5) is 0 Å². The van der Waals surface area contributed by atoms with Crippen molar-refractivity contribution >= 4 is 27.6 Å². The Balaban J connectivity index is 2.29. The summed E-state index contributed by atoms with van der Waals surface area (Å²) < 4.78 is 2.68. The molecular weight excluding hydrogens is 360 g/mol. The van der Waals surface area contributed by atoms with Gasteiger partial charge in [-0.25, -0.2) is 4.98 Å². The molecule has 2 heterocycles. The number of ketones is 1. The molecule has 7 heteroatoms. The number of rotatable bonds is 4. The summed E-state index contributed by atoms with van der Waals surface area (Å²) in [4.78, 5) is 31.5. The van der Waals surface area contributed by atoms with Gasteiger partial charge in [-0.2, -0.15) is 0 Å². The molecule has 0 saturated heterocycles. The van der Waals surface area contributed by atoms with Crippen LogP contribution in [0.15, 0.2) is 4.73 Å². The van der Waals surface area contributed by atoms with Crippen LogP contribution in [0.5, 0.6) is 0 Å². The van der Waals surface area contributed by atoms with Crippen molar-refractivity contribution in [2.24, 2.45) is 5.41 Å². The molecule has 1 N–H and O–H groups in total. The first kappa shape index (κ1) is 18.1. The third-order valence-electron chi connectivity index (χ3n) is 4.18. The van der Waals surface area contributed by atoms with Crippen molar-refractivity contribution in [2.45, 2.75) is 53.2 Å². The highest BCUT2D eigenvalue weighted by Gasteiger charge is 2.34. The number of likely N-dealkylation sites (N-methyl/N-ethyl adjacent to an activating group) is 1. The average Bonchev–Trinajstić information content (AvgIpc) is 2.79. The number of carbonyl (C=O) groups excluding carboxylic acids is 2. The Kier molecular flexibility index (Phi) is 5.30. The van der Waals surface area contributed by atoms with E-state index < -0.39 is 6.04 Å². The van der Waals surface area contributed by atoms with Crippen LogP contribution in [0.25, 0.3) is 0 Å². The Morgan fingerprint density at radius 2 is 2.00 bits per heavy atom. The third-order valence-corrected chi connectivity index (χ3v) is 4.78. The van der Waals surface area contributed by atoms with E-state index in [1.165, 1.54) is 0 Å². The Morgan fingerprint density at radius 1 is 1.35 bits per heavy atom. The average molecular weight is 385 g/mol. The van der Waals surface area contributed by atoms with Crippen molar-refractivity contribution in [3.8, 4) is 0 Å². The molecule has 0 bridgehead atoms. The molecule has 1 aliphatic heterocycles. The van der Waals surface area contributed by atoms with E-state index in [4.69, 9.17) is 0 Å². The Morgan fingerprint density at radius 3 is 2.57 bits per heavy atom. The second-order valence-electron chi connectivity index (χ2n) is 7.16. The zero-order chi connectivity index (χ0) is 17.4. The Bertz CT molecular complexity index is 618. The number of amides is 1. The van der Waals surface area contributed by atoms with Gasteiger partial charge in [-0.1, -0.05) is 27.7 Å². The smallest absolute Gasteiger partial charge is 0.272 e. The first-order valence-corrected chi connectivity index (χ1v) is 8.71. The van der Waals surface area contributed by atoms with Crippen LogP contribution in [-0.4, -0.2) is 45.8 Å². The molecule has 2 rings (SSSR count). The summed E-state index contributed by atoms with van der Waals surface area (Å²) in [6.07, 6.45) is 0.399. The molecule has 23 heavy (non-hydrogen) atoms. The van der Waals surface area contributed by atoms with Gasteiger partial charge in [0.05, 0.1) is 11.7 Å². The fourth-order valence-electron chi connectivity index (χ4n) is 2.81. The number of imidazole rings is 1. The lowest BCUT2D eigenvalue weighted by Crippen LogP contribution is -2.49. The van der Waals surface area contributed by atoms with Crippen LogP contribution in [0, 0.1) is 5.41 Å². The second-order valence-corrected chi connectivity index (χ2v) is 7.87. The molecule has 1 aliphatic rings. The van der Waals surface area contributed by atoms with Gasteiger partial charge in [0.25, 0.3) is 5.91 Å². The summed E-state index contributed by atoms with van der Waals surface area (Å²) in [5.41, 5.74) is 0.956. The molecule has 128 valence electrons. The summed E-state index contributed by atoms with van der Waals surface area (Å²) in [6.45, 7) is 10.1. The van der Waals surface area contributed by atoms with Crippen molar-refractivity contribution in [1.82, 2.24) is 19.8 Å². The van der Waals surface area contributed by atoms with Crippen LogP contribution < -0.4 is 5.32 Å². The lowest BCUT2D eigenvalue weighted by atomic mass is 9.83. The van der Waals surface area contributed by atoms with E-state index in [1.807, 2.05) is 39.3 Å². The quantitative estimate of drug-likeness (QED) is 0.863. The van der Waals surface area contributed by atoms with E-state index in [2.05, 4.69) is 31.1 Å². The topological polar surface area (TPSA) is 67.2 Å². The largest absolute Gasteiger partial charge is 0.340 e. The summed E-state index contributed by atoms with van der Waals surface area (Å²) in [5, 5.41) is 2.90. The normalized spacial score (nSPS) is 16.8. The summed E-state index contributed by atoms with van der Waals surface area (Å²) in [6, 6.07) is -0.516. The first-order valence-electron chi connectivity index (χ1n) is 7.92. The number of hydrogen-bond acceptors (Lipinski definition) is 4. The maximum atomic E-state index is 12.7. The molecular formula is C16H25BrN4O2. The van der Waals surface area contributed by atoms with E-state index in [0.717, 1.165) is 18.8 Å². The van der Waals surface area contributed by atoms with Crippen LogP contribution >= 0.6 is 15.9 Å². The zero-order valence-corrected chi connectivity index (χ0v) is 16.0. The first-order chi connectivity index (χ1) is 10.6. The van der Waals surface area contributed by atoms with Gasteiger partial charge in [-0.05, 0) is 28.4 Å². The predicted molar refractivity (Wildman–Crippen MR) is 92.3 cm³/mol. The zero-order valence-electron chi connectivity index (χ0n) is 14.4. The molecule has 1 amide bonds. The fourth-order valence-corrected chi connectivity index (χ4v) is 3.38. The number of nitrogens with zero attached hydrogens (tertiary/aromatic N) is 3. The third kappa shape index (κ3) is 3.83. The number of nitrogens with one attached hydrogen (secondary N) is 1. The summed E-state index contributed by atoms with van der Waals surface area (Å²) in [5.74, 6) is -0.244. The molecule has 0 radical (unpaired) electrons. The predicted octanol–water partition coefficient (Wildman–Crippen LogP) is 2.21. The van der Waals surface area contributed by atoms with E-state index >= 15 is 0 Å². The Labute approximate surface area is 145 Å². The van der Waals surface area contributed by atoms with Crippen molar-refractivity contribution in [2.75, 3.05) is 13.6 Å². The molecule has 0 fully saturated rings. The lowest BCUT2D eigenvalue weighted by molar-refractivity contribution is -0.122. The number of carbonyl (C=O) groups is 2. The van der Waals surface area contributed by atoms with Crippen LogP contribution in [-0.2, 0) is 17.9 Å². The Hall–Kier alpha value is -1.21. The van der Waals surface area contributed by atoms with E-state index in [9.17, 15) is 9.59 Å². The second kappa shape index (κ2) is 6.73. The SMILES string of the molecule is CCC(=O)[C@@H](NC(=O)c1nc(Br)n2c1CN(C)CC2)C(C)(C)C. The number of aromatic nitrogens is 2. The maximum Gasteiger partial charge on any atom is 0.272 e. The van der Waals surface area contributed by atoms with Crippen LogP contribution in [0.2, 0.25) is 0 Å². The number of fused-ring (bicyclic) bond motifs is 1. The van der Waals surface area contributed by atoms with Crippen molar-refractivity contribution < 1.29 is 9.59 Å². The molecule has 1 atom stereocenters. The molecule has 0 aliphatic carbocycles. The summed E-state index contributed by atoms with van der Waals surface area (Å²) >= 11 is 3.43. The van der Waals surface area contributed by atoms with Gasteiger partial charge in [-0.15, -0.1) is 0 Å². The van der Waals surface area contributed by atoms with Crippen molar-refractivity contribution in [1.29, 1.82) is 0 Å². The molecule has 1 aromatic rings. The molecule has 0 saturated carbocycles. The summed E-state index contributed by atoms with van der Waals surface area (Å²) in [7, 11) is 2.02. The molecule has 0 spiro atoms. The van der Waals surface area contributed by atoms with Crippen molar-refractivity contribution in [3.63, 3.8) is 0 Å². The number of Topliss-reactive ketones (excluding diaryl/α,β-unsaturated/α-hetero) is 1. The monoisotopic (exact) mass is 384 g/mol. The minimum atomic E-state index is -0.516. The molecule has 1 aromatic heterocycles. The maximum absolute atomic E-state index is 12.7. The van der Waals surface area contributed by atoms with E-state index in [0.29, 0.717) is 23.4 Å². The molecule has 0 unspecified atom stereocenters. The van der Waals surface area contributed by atoms with Crippen LogP contribution in [0.3, 0.4) is 0 Å². The fraction of sp³-hybridized carbons (Fsp3) is 0.688. The van der Waals surface area contributed by atoms with Gasteiger partial charge < -0.3 is 9.88 Å².